The lowest BCUT2D eigenvalue weighted by Crippen LogP contribution is -2.58. The summed E-state index contributed by atoms with van der Waals surface area (Å²) in [6.45, 7) is 0. The second-order valence-electron chi connectivity index (χ2n) is 2.16. The average molecular weight is 128 g/mol. The van der Waals surface area contributed by atoms with E-state index < -0.39 is 0 Å². The van der Waals surface area contributed by atoms with Crippen molar-refractivity contribution in [3.05, 3.63) is 12.4 Å². The Balaban J connectivity index is 2.58. The highest BCUT2D eigenvalue weighted by Crippen LogP contribution is 1.96. The van der Waals surface area contributed by atoms with Crippen LogP contribution in [-0.2, 0) is 0 Å². The van der Waals surface area contributed by atoms with Gasteiger partial charge >= 0.3 is 0 Å². The van der Waals surface area contributed by atoms with Crippen molar-refractivity contribution in [2.24, 2.45) is 11.5 Å². The van der Waals surface area contributed by atoms with E-state index >= 15 is 0 Å². The van der Waals surface area contributed by atoms with Crippen LogP contribution in [0.2, 0.25) is 0 Å². The maximum absolute atomic E-state index is 5.61. The molecule has 0 saturated carbocycles. The number of rotatable bonds is 0. The molecule has 0 fully saturated rings. The lowest BCUT2D eigenvalue weighted by Gasteiger charge is -2.32. The first-order valence-electron chi connectivity index (χ1n) is 2.87. The highest BCUT2D eigenvalue weighted by atomic mass is 15.3. The Labute approximate surface area is 54.5 Å². The normalized spacial score (nSPS) is 34.3. The van der Waals surface area contributed by atoms with Gasteiger partial charge in [0.05, 0.1) is 0 Å². The highest BCUT2D eigenvalue weighted by molar-refractivity contribution is 4.92. The minimum Gasteiger partial charge on any atom is -0.372 e. The largest absolute Gasteiger partial charge is 0.372 e. The standard InChI is InChI=1S/C5H12N4/c1-9-3-2-8-4(6)5(9)7/h2-5,8H,6-7H2,1H3. The number of hydrogen-bond donors (Lipinski definition) is 3. The molecule has 4 heteroatoms. The van der Waals surface area contributed by atoms with E-state index in [9.17, 15) is 0 Å². The molecule has 0 radical (unpaired) electrons. The zero-order valence-corrected chi connectivity index (χ0v) is 5.41. The third kappa shape index (κ3) is 1.14. The van der Waals surface area contributed by atoms with E-state index in [0.717, 1.165) is 0 Å². The molecule has 1 aliphatic rings. The minimum atomic E-state index is -0.153. The highest BCUT2D eigenvalue weighted by Gasteiger charge is 2.16. The van der Waals surface area contributed by atoms with Crippen molar-refractivity contribution in [3.63, 3.8) is 0 Å². The molecule has 0 spiro atoms. The number of likely N-dealkylation sites (N-methyl/N-ethyl adjacent to an activating group) is 1. The van der Waals surface area contributed by atoms with Gasteiger partial charge in [0, 0.05) is 19.4 Å². The van der Waals surface area contributed by atoms with Crippen molar-refractivity contribution < 1.29 is 0 Å². The maximum Gasteiger partial charge on any atom is 0.110 e. The van der Waals surface area contributed by atoms with Gasteiger partial charge in [0.25, 0.3) is 0 Å². The molecule has 0 aromatic rings. The maximum atomic E-state index is 5.61. The Hall–Kier alpha value is -0.740. The van der Waals surface area contributed by atoms with Crippen molar-refractivity contribution in [3.8, 4) is 0 Å². The van der Waals surface area contributed by atoms with Crippen LogP contribution >= 0.6 is 0 Å². The molecule has 0 aliphatic carbocycles. The fraction of sp³-hybridized carbons (Fsp3) is 0.600. The van der Waals surface area contributed by atoms with Crippen molar-refractivity contribution in [1.29, 1.82) is 0 Å². The van der Waals surface area contributed by atoms with Crippen molar-refractivity contribution in [2.75, 3.05) is 7.05 Å². The summed E-state index contributed by atoms with van der Waals surface area (Å²) in [5.74, 6) is 0. The summed E-state index contributed by atoms with van der Waals surface area (Å²) in [5.41, 5.74) is 11.1. The molecule has 1 heterocycles. The molecule has 2 unspecified atom stereocenters. The molecule has 1 rings (SSSR count). The Morgan fingerprint density at radius 3 is 2.67 bits per heavy atom. The molecule has 52 valence electrons. The number of nitrogens with two attached hydrogens (primary N) is 2. The van der Waals surface area contributed by atoms with Crippen LogP contribution in [0, 0.1) is 0 Å². The molecule has 9 heavy (non-hydrogen) atoms. The molecule has 2 atom stereocenters. The second-order valence-corrected chi connectivity index (χ2v) is 2.16. The number of nitrogens with one attached hydrogen (secondary N) is 1. The SMILES string of the molecule is CN1C=CNC(N)C1N. The fourth-order valence-electron chi connectivity index (χ4n) is 0.723. The van der Waals surface area contributed by atoms with Gasteiger partial charge in [-0.1, -0.05) is 0 Å². The average Bonchev–Trinajstić information content (AvgIpc) is 1.83. The summed E-state index contributed by atoms with van der Waals surface area (Å²) in [6.07, 6.45) is 3.37. The van der Waals surface area contributed by atoms with Crippen molar-refractivity contribution >= 4 is 0 Å². The monoisotopic (exact) mass is 128 g/mol. The van der Waals surface area contributed by atoms with Gasteiger partial charge in [-0.05, 0) is 0 Å². The summed E-state index contributed by atoms with van der Waals surface area (Å²) in [6, 6.07) is 0. The fourth-order valence-corrected chi connectivity index (χ4v) is 0.723. The predicted octanol–water partition coefficient (Wildman–Crippen LogP) is -1.44. The van der Waals surface area contributed by atoms with Crippen LogP contribution in [0.25, 0.3) is 0 Å². The van der Waals surface area contributed by atoms with Crippen LogP contribution in [0.15, 0.2) is 12.4 Å². The topological polar surface area (TPSA) is 67.3 Å². The van der Waals surface area contributed by atoms with E-state index in [2.05, 4.69) is 5.32 Å². The Morgan fingerprint density at radius 2 is 2.22 bits per heavy atom. The zero-order valence-electron chi connectivity index (χ0n) is 5.41. The van der Waals surface area contributed by atoms with Gasteiger partial charge in [0.15, 0.2) is 0 Å². The molecule has 0 saturated heterocycles. The third-order valence-electron chi connectivity index (χ3n) is 1.44. The number of hydrogen-bond acceptors (Lipinski definition) is 4. The molecule has 0 aromatic carbocycles. The Morgan fingerprint density at radius 1 is 1.56 bits per heavy atom. The van der Waals surface area contributed by atoms with Crippen LogP contribution in [0.5, 0.6) is 0 Å². The van der Waals surface area contributed by atoms with Gasteiger partial charge < -0.3 is 21.7 Å². The van der Waals surface area contributed by atoms with Gasteiger partial charge in [-0.3, -0.25) is 0 Å². The predicted molar refractivity (Wildman–Crippen MR) is 36.0 cm³/mol. The molecule has 0 amide bonds. The van der Waals surface area contributed by atoms with Crippen molar-refractivity contribution in [1.82, 2.24) is 10.2 Å². The first kappa shape index (κ1) is 6.38. The third-order valence-corrected chi connectivity index (χ3v) is 1.44. The number of nitrogens with zero attached hydrogens (tertiary/aromatic N) is 1. The lowest BCUT2D eigenvalue weighted by molar-refractivity contribution is 0.255. The lowest BCUT2D eigenvalue weighted by atomic mass is 10.3. The van der Waals surface area contributed by atoms with Gasteiger partial charge in [0.2, 0.25) is 0 Å². The summed E-state index contributed by atoms with van der Waals surface area (Å²) < 4.78 is 0. The summed E-state index contributed by atoms with van der Waals surface area (Å²) in [4.78, 5) is 1.86. The summed E-state index contributed by atoms with van der Waals surface area (Å²) in [5, 5.41) is 2.89. The van der Waals surface area contributed by atoms with Gasteiger partial charge in [-0.2, -0.15) is 0 Å². The van der Waals surface area contributed by atoms with Gasteiger partial charge in [0.1, 0.15) is 12.3 Å². The van der Waals surface area contributed by atoms with E-state index in [0.29, 0.717) is 0 Å². The smallest absolute Gasteiger partial charge is 0.110 e. The molecular formula is C5H12N4. The Bertz CT molecular complexity index is 122. The summed E-state index contributed by atoms with van der Waals surface area (Å²) in [7, 11) is 1.89. The van der Waals surface area contributed by atoms with Crippen LogP contribution in [0.3, 0.4) is 0 Å². The van der Waals surface area contributed by atoms with E-state index in [-0.39, 0.29) is 12.3 Å². The van der Waals surface area contributed by atoms with E-state index in [1.54, 1.807) is 6.20 Å². The van der Waals surface area contributed by atoms with Crippen molar-refractivity contribution in [2.45, 2.75) is 12.3 Å². The molecule has 0 bridgehead atoms. The summed E-state index contributed by atoms with van der Waals surface area (Å²) >= 11 is 0. The molecule has 1 aliphatic heterocycles. The first-order valence-corrected chi connectivity index (χ1v) is 2.87. The minimum absolute atomic E-state index is 0.116. The van der Waals surface area contributed by atoms with E-state index in [1.807, 2.05) is 18.1 Å². The molecular weight excluding hydrogens is 116 g/mol. The van der Waals surface area contributed by atoms with Gasteiger partial charge in [-0.15, -0.1) is 0 Å². The van der Waals surface area contributed by atoms with E-state index in [4.69, 9.17) is 11.5 Å². The van der Waals surface area contributed by atoms with Gasteiger partial charge in [-0.25, -0.2) is 0 Å². The quantitative estimate of drug-likeness (QED) is 0.374. The second kappa shape index (κ2) is 2.24. The van der Waals surface area contributed by atoms with E-state index in [1.165, 1.54) is 0 Å². The molecule has 4 nitrogen and oxygen atoms in total. The van der Waals surface area contributed by atoms with Crippen LogP contribution < -0.4 is 16.8 Å². The van der Waals surface area contributed by atoms with Crippen LogP contribution in [-0.4, -0.2) is 24.3 Å². The van der Waals surface area contributed by atoms with Crippen LogP contribution in [0.4, 0.5) is 0 Å². The molecule has 0 aromatic heterocycles. The Kier molecular flexibility index (Phi) is 1.59. The molecule has 5 N–H and O–H groups in total. The first-order chi connectivity index (χ1) is 4.22. The zero-order chi connectivity index (χ0) is 6.85. The van der Waals surface area contributed by atoms with Crippen LogP contribution in [0.1, 0.15) is 0 Å².